The Hall–Kier alpha value is -1.46. The summed E-state index contributed by atoms with van der Waals surface area (Å²) in [7, 11) is 0. The maximum absolute atomic E-state index is 12.4. The topological polar surface area (TPSA) is 0 Å². The maximum atomic E-state index is 12.4. The molecule has 0 atom stereocenters. The average Bonchev–Trinajstić information content (AvgIpc) is 2.19. The minimum Gasteiger partial charge on any atom is -0.204 e. The van der Waals surface area contributed by atoms with Crippen LogP contribution in [-0.2, 0) is 0 Å². The minimum atomic E-state index is -2.40. The lowest BCUT2D eigenvalue weighted by Crippen LogP contribution is -1.91. The molecule has 0 saturated carbocycles. The number of rotatable bonds is 0. The third-order valence-corrected chi connectivity index (χ3v) is 1.37. The number of allylic oxidation sites excluding steroid dienone is 8. The number of hydrogen-bond donors (Lipinski definition) is 0. The molecule has 1 rings (SSSR count). The van der Waals surface area contributed by atoms with Crippen molar-refractivity contribution >= 4 is 0 Å². The molecule has 0 bridgehead atoms. The van der Waals surface area contributed by atoms with Gasteiger partial charge < -0.3 is 0 Å². The Bertz CT molecular complexity index is 349. The summed E-state index contributed by atoms with van der Waals surface area (Å²) in [4.78, 5) is 0. The van der Waals surface area contributed by atoms with Gasteiger partial charge in [-0.05, 0) is 12.2 Å². The van der Waals surface area contributed by atoms with Crippen molar-refractivity contribution in [2.24, 2.45) is 0 Å². The first-order valence-corrected chi connectivity index (χ1v) is 3.29. The largest absolute Gasteiger partial charge is 0.204 e. The Morgan fingerprint density at radius 3 is 1.07 bits per heavy atom. The fourth-order valence-corrected chi connectivity index (χ4v) is 0.695. The van der Waals surface area contributed by atoms with Crippen LogP contribution in [0.5, 0.6) is 0 Å². The van der Waals surface area contributed by atoms with Crippen LogP contribution in [0.1, 0.15) is 0 Å². The van der Waals surface area contributed by atoms with E-state index in [0.29, 0.717) is 0 Å². The molecule has 0 aromatic carbocycles. The summed E-state index contributed by atoms with van der Waals surface area (Å²) < 4.78 is 74.6. The minimum absolute atomic E-state index is 0.149. The number of halogens is 6. The van der Waals surface area contributed by atoms with Crippen LogP contribution in [0.25, 0.3) is 0 Å². The molecule has 0 amide bonds. The Kier molecular flexibility index (Phi) is 2.83. The second kappa shape index (κ2) is 3.73. The number of hydrogen-bond acceptors (Lipinski definition) is 0. The van der Waals surface area contributed by atoms with Crippen molar-refractivity contribution in [1.82, 2.24) is 0 Å². The highest BCUT2D eigenvalue weighted by Gasteiger charge is 2.23. The SMILES string of the molecule is FC1=C(F)/C(F)=C(F)\C(F)=C(F)/C=C\1. The summed E-state index contributed by atoms with van der Waals surface area (Å²) in [5.41, 5.74) is 0. The van der Waals surface area contributed by atoms with Crippen LogP contribution >= 0.6 is 0 Å². The van der Waals surface area contributed by atoms with Gasteiger partial charge in [0.15, 0.2) is 23.3 Å². The highest BCUT2D eigenvalue weighted by molar-refractivity contribution is 5.41. The van der Waals surface area contributed by atoms with Gasteiger partial charge in [0.25, 0.3) is 0 Å². The van der Waals surface area contributed by atoms with Crippen LogP contribution in [0.4, 0.5) is 26.3 Å². The summed E-state index contributed by atoms with van der Waals surface area (Å²) in [6.07, 6.45) is 0.298. The Morgan fingerprint density at radius 2 is 0.786 bits per heavy atom. The van der Waals surface area contributed by atoms with E-state index in [1.54, 1.807) is 0 Å². The second-order valence-corrected chi connectivity index (χ2v) is 2.29. The van der Waals surface area contributed by atoms with Gasteiger partial charge in [0, 0.05) is 0 Å². The first kappa shape index (κ1) is 10.6. The normalized spacial score (nSPS) is 36.7. The molecule has 1 aliphatic rings. The molecule has 0 aromatic heterocycles. The highest BCUT2D eigenvalue weighted by atomic mass is 19.2. The van der Waals surface area contributed by atoms with E-state index >= 15 is 0 Å². The van der Waals surface area contributed by atoms with Gasteiger partial charge in [0.05, 0.1) is 0 Å². The van der Waals surface area contributed by atoms with E-state index in [-0.39, 0.29) is 12.2 Å². The smallest absolute Gasteiger partial charge is 0.200 e. The second-order valence-electron chi connectivity index (χ2n) is 2.29. The first-order chi connectivity index (χ1) is 6.45. The third kappa shape index (κ3) is 1.73. The molecular weight excluding hydrogens is 210 g/mol. The van der Waals surface area contributed by atoms with E-state index in [4.69, 9.17) is 0 Å². The molecular formula is C8H2F6. The summed E-state index contributed by atoms with van der Waals surface area (Å²) in [5.74, 6) is -12.9. The van der Waals surface area contributed by atoms with Crippen molar-refractivity contribution < 1.29 is 26.3 Å². The van der Waals surface area contributed by atoms with E-state index in [0.717, 1.165) is 0 Å². The van der Waals surface area contributed by atoms with Gasteiger partial charge >= 0.3 is 0 Å². The van der Waals surface area contributed by atoms with Gasteiger partial charge in [-0.1, -0.05) is 0 Å². The lowest BCUT2D eigenvalue weighted by molar-refractivity contribution is 0.440. The van der Waals surface area contributed by atoms with Crippen LogP contribution < -0.4 is 0 Å². The molecule has 0 aromatic rings. The first-order valence-electron chi connectivity index (χ1n) is 3.29. The fraction of sp³-hybridized carbons (Fsp3) is 0. The van der Waals surface area contributed by atoms with E-state index in [9.17, 15) is 26.3 Å². The van der Waals surface area contributed by atoms with Crippen molar-refractivity contribution in [3.05, 3.63) is 47.1 Å². The molecule has 0 unspecified atom stereocenters. The van der Waals surface area contributed by atoms with Crippen molar-refractivity contribution in [2.45, 2.75) is 0 Å². The standard InChI is InChI=1S/C8H2F6/c9-3-1-2-4(10)6(12)8(14)7(13)5(3)11/h1-2H/b2-1-,3-1?,4-2?,5-3-,6-4-,7-5?,8-6?,8-7-. The monoisotopic (exact) mass is 212 g/mol. The molecule has 6 heteroatoms. The quantitative estimate of drug-likeness (QED) is 0.532. The van der Waals surface area contributed by atoms with Crippen LogP contribution in [0.15, 0.2) is 47.1 Å². The van der Waals surface area contributed by atoms with Gasteiger partial charge in [0.1, 0.15) is 0 Å². The fourth-order valence-electron chi connectivity index (χ4n) is 0.695. The lowest BCUT2D eigenvalue weighted by atomic mass is 10.2. The maximum Gasteiger partial charge on any atom is 0.200 e. The summed E-state index contributed by atoms with van der Waals surface area (Å²) in [6.45, 7) is 0. The van der Waals surface area contributed by atoms with Crippen LogP contribution in [0.2, 0.25) is 0 Å². The predicted octanol–water partition coefficient (Wildman–Crippen LogP) is 4.01. The molecule has 0 fully saturated rings. The molecule has 0 heterocycles. The van der Waals surface area contributed by atoms with Crippen LogP contribution in [0.3, 0.4) is 0 Å². The predicted molar refractivity (Wildman–Crippen MR) is 36.9 cm³/mol. The highest BCUT2D eigenvalue weighted by Crippen LogP contribution is 2.32. The van der Waals surface area contributed by atoms with Gasteiger partial charge in [-0.2, -0.15) is 0 Å². The zero-order valence-electron chi connectivity index (χ0n) is 6.42. The average molecular weight is 212 g/mol. The third-order valence-electron chi connectivity index (χ3n) is 1.37. The van der Waals surface area contributed by atoms with Crippen molar-refractivity contribution in [3.63, 3.8) is 0 Å². The van der Waals surface area contributed by atoms with Crippen LogP contribution in [0, 0.1) is 0 Å². The van der Waals surface area contributed by atoms with Crippen molar-refractivity contribution in [3.8, 4) is 0 Å². The van der Waals surface area contributed by atoms with Crippen molar-refractivity contribution in [1.29, 1.82) is 0 Å². The van der Waals surface area contributed by atoms with E-state index in [1.807, 2.05) is 0 Å². The van der Waals surface area contributed by atoms with Gasteiger partial charge in [-0.25, -0.2) is 26.3 Å². The summed E-state index contributed by atoms with van der Waals surface area (Å²) in [6, 6.07) is 0. The molecule has 1 aliphatic carbocycles. The molecule has 0 aliphatic heterocycles. The molecule has 14 heavy (non-hydrogen) atoms. The zero-order valence-corrected chi connectivity index (χ0v) is 6.42. The molecule has 76 valence electrons. The Balaban J connectivity index is 3.41. The molecule has 0 radical (unpaired) electrons. The zero-order chi connectivity index (χ0) is 10.9. The van der Waals surface area contributed by atoms with Gasteiger partial charge in [-0.15, -0.1) is 0 Å². The molecule has 0 N–H and O–H groups in total. The van der Waals surface area contributed by atoms with Crippen LogP contribution in [-0.4, -0.2) is 0 Å². The van der Waals surface area contributed by atoms with E-state index < -0.39 is 35.0 Å². The van der Waals surface area contributed by atoms with Crippen molar-refractivity contribution in [2.75, 3.05) is 0 Å². The lowest BCUT2D eigenvalue weighted by Gasteiger charge is -2.01. The Labute approximate surface area is 74.5 Å². The van der Waals surface area contributed by atoms with Gasteiger partial charge in [-0.3, -0.25) is 0 Å². The summed E-state index contributed by atoms with van der Waals surface area (Å²) in [5, 5.41) is 0. The van der Waals surface area contributed by atoms with E-state index in [1.165, 1.54) is 0 Å². The van der Waals surface area contributed by atoms with Gasteiger partial charge in [0.2, 0.25) is 11.7 Å². The Morgan fingerprint density at radius 1 is 0.500 bits per heavy atom. The van der Waals surface area contributed by atoms with E-state index in [2.05, 4.69) is 0 Å². The summed E-state index contributed by atoms with van der Waals surface area (Å²) >= 11 is 0. The molecule has 0 saturated heterocycles. The molecule has 0 spiro atoms. The molecule has 0 nitrogen and oxygen atoms in total.